The molecule has 0 aliphatic carbocycles. The van der Waals surface area contributed by atoms with Gasteiger partial charge in [-0.15, -0.1) is 0 Å². The number of carboxylic acids is 1. The number of ether oxygens (including phenoxy) is 3. The van der Waals surface area contributed by atoms with Crippen molar-refractivity contribution in [1.29, 1.82) is 0 Å². The van der Waals surface area contributed by atoms with Crippen molar-refractivity contribution in [2.24, 2.45) is 0 Å². The van der Waals surface area contributed by atoms with E-state index in [0.29, 0.717) is 19.8 Å². The van der Waals surface area contributed by atoms with Crippen molar-refractivity contribution in [1.82, 2.24) is 0 Å². The van der Waals surface area contributed by atoms with Crippen molar-refractivity contribution in [3.63, 3.8) is 0 Å². The molecule has 0 radical (unpaired) electrons. The van der Waals surface area contributed by atoms with E-state index in [1.807, 2.05) is 0 Å². The predicted molar refractivity (Wildman–Crippen MR) is 50.5 cm³/mol. The first kappa shape index (κ1) is 13.6. The zero-order valence-electron chi connectivity index (χ0n) is 8.07. The number of carboxylic acid groups (broad SMARTS) is 1. The van der Waals surface area contributed by atoms with Gasteiger partial charge in [-0.25, -0.2) is 0 Å². The highest BCUT2D eigenvalue weighted by molar-refractivity contribution is 6.20. The fourth-order valence-electron chi connectivity index (χ4n) is 0.675. The van der Waals surface area contributed by atoms with Gasteiger partial charge in [0.15, 0.2) is 0 Å². The topological polar surface area (TPSA) is 65.0 Å². The summed E-state index contributed by atoms with van der Waals surface area (Å²) in [6, 6.07) is 0. The smallest absolute Gasteiger partial charge is 0.307 e. The molecule has 0 heterocycles. The SMILES string of the molecule is COCCOCCOC(Cl)CC(=O)O. The standard InChI is InChI=1S/C8H15ClO5/c1-12-2-3-13-4-5-14-7(9)6-8(10)11/h7H,2-6H2,1H3,(H,10,11). The summed E-state index contributed by atoms with van der Waals surface area (Å²) in [4.78, 5) is 10.2. The lowest BCUT2D eigenvalue weighted by Crippen LogP contribution is -2.15. The van der Waals surface area contributed by atoms with Gasteiger partial charge in [0.2, 0.25) is 0 Å². The molecule has 6 heteroatoms. The number of rotatable bonds is 9. The van der Waals surface area contributed by atoms with Gasteiger partial charge in [0.05, 0.1) is 32.8 Å². The van der Waals surface area contributed by atoms with Crippen LogP contribution in [0.2, 0.25) is 0 Å². The zero-order chi connectivity index (χ0) is 10.8. The molecule has 0 saturated heterocycles. The van der Waals surface area contributed by atoms with Gasteiger partial charge in [0, 0.05) is 7.11 Å². The number of hydrogen-bond donors (Lipinski definition) is 1. The van der Waals surface area contributed by atoms with Crippen LogP contribution in [0.4, 0.5) is 0 Å². The Bertz CT molecular complexity index is 153. The first-order valence-corrected chi connectivity index (χ1v) is 4.64. The number of carbonyl (C=O) groups is 1. The lowest BCUT2D eigenvalue weighted by atomic mass is 10.5. The van der Waals surface area contributed by atoms with Gasteiger partial charge in [0.25, 0.3) is 0 Å². The summed E-state index contributed by atoms with van der Waals surface area (Å²) in [5.74, 6) is -0.981. The average Bonchev–Trinajstić information content (AvgIpc) is 2.10. The Morgan fingerprint density at radius 2 is 2.00 bits per heavy atom. The molecule has 0 rings (SSSR count). The molecule has 0 aliphatic heterocycles. The predicted octanol–water partition coefficient (Wildman–Crippen LogP) is 0.706. The van der Waals surface area contributed by atoms with E-state index in [1.165, 1.54) is 0 Å². The molecule has 84 valence electrons. The summed E-state index contributed by atoms with van der Waals surface area (Å²) < 4.78 is 14.8. The zero-order valence-corrected chi connectivity index (χ0v) is 8.83. The van der Waals surface area contributed by atoms with Crippen LogP contribution >= 0.6 is 11.6 Å². The minimum atomic E-state index is -0.981. The highest BCUT2D eigenvalue weighted by Crippen LogP contribution is 2.03. The van der Waals surface area contributed by atoms with Crippen molar-refractivity contribution >= 4 is 17.6 Å². The third-order valence-electron chi connectivity index (χ3n) is 1.29. The summed E-state index contributed by atoms with van der Waals surface area (Å²) in [6.07, 6.45) is -0.209. The van der Waals surface area contributed by atoms with Crippen LogP contribution in [0.1, 0.15) is 6.42 Å². The molecule has 1 atom stereocenters. The fourth-order valence-corrected chi connectivity index (χ4v) is 0.897. The molecule has 0 bridgehead atoms. The van der Waals surface area contributed by atoms with Gasteiger partial charge < -0.3 is 19.3 Å². The molecule has 1 N–H and O–H groups in total. The third-order valence-corrected chi connectivity index (χ3v) is 1.57. The molecule has 0 spiro atoms. The summed E-state index contributed by atoms with van der Waals surface area (Å²) in [6.45, 7) is 1.68. The Morgan fingerprint density at radius 3 is 2.57 bits per heavy atom. The summed E-state index contributed by atoms with van der Waals surface area (Å²) in [7, 11) is 1.58. The van der Waals surface area contributed by atoms with E-state index >= 15 is 0 Å². The van der Waals surface area contributed by atoms with Crippen LogP contribution in [0.25, 0.3) is 0 Å². The lowest BCUT2D eigenvalue weighted by Gasteiger charge is -2.08. The molecule has 0 saturated carbocycles. The van der Waals surface area contributed by atoms with Gasteiger partial charge in [-0.3, -0.25) is 4.79 Å². The van der Waals surface area contributed by atoms with Crippen molar-refractivity contribution in [3.8, 4) is 0 Å². The Morgan fingerprint density at radius 1 is 1.36 bits per heavy atom. The number of hydrogen-bond acceptors (Lipinski definition) is 4. The minimum Gasteiger partial charge on any atom is -0.481 e. The second kappa shape index (κ2) is 9.21. The molecular formula is C8H15ClO5. The van der Waals surface area contributed by atoms with Crippen molar-refractivity contribution in [2.45, 2.75) is 12.0 Å². The van der Waals surface area contributed by atoms with E-state index in [1.54, 1.807) is 7.11 Å². The number of halogens is 1. The van der Waals surface area contributed by atoms with Gasteiger partial charge in [-0.05, 0) is 0 Å². The summed E-state index contributed by atoms with van der Waals surface area (Å²) in [5.41, 5.74) is -0.793. The molecule has 0 fully saturated rings. The molecule has 1 unspecified atom stereocenters. The molecule has 0 aliphatic rings. The van der Waals surface area contributed by atoms with Crippen LogP contribution in [0.15, 0.2) is 0 Å². The quantitative estimate of drug-likeness (QED) is 0.463. The maximum absolute atomic E-state index is 10.2. The first-order chi connectivity index (χ1) is 6.66. The summed E-state index contributed by atoms with van der Waals surface area (Å²) in [5, 5.41) is 8.34. The Labute approximate surface area is 87.9 Å². The maximum Gasteiger partial charge on any atom is 0.307 e. The normalized spacial score (nSPS) is 12.7. The van der Waals surface area contributed by atoms with Gasteiger partial charge in [-0.1, -0.05) is 11.6 Å². The Kier molecular flexibility index (Phi) is 8.97. The van der Waals surface area contributed by atoms with Crippen LogP contribution in [0.3, 0.4) is 0 Å². The van der Waals surface area contributed by atoms with Crippen LogP contribution in [-0.2, 0) is 19.0 Å². The van der Waals surface area contributed by atoms with E-state index in [4.69, 9.17) is 30.9 Å². The Balaban J connectivity index is 3.14. The van der Waals surface area contributed by atoms with Gasteiger partial charge >= 0.3 is 5.97 Å². The molecule has 5 nitrogen and oxygen atoms in total. The third kappa shape index (κ3) is 9.73. The molecule has 0 aromatic rings. The monoisotopic (exact) mass is 226 g/mol. The second-order valence-electron chi connectivity index (χ2n) is 2.48. The molecule has 14 heavy (non-hydrogen) atoms. The van der Waals surface area contributed by atoms with Gasteiger partial charge in [-0.2, -0.15) is 0 Å². The molecule has 0 aromatic carbocycles. The average molecular weight is 227 g/mol. The van der Waals surface area contributed by atoms with Gasteiger partial charge in [0.1, 0.15) is 5.56 Å². The van der Waals surface area contributed by atoms with Crippen LogP contribution in [0, 0.1) is 0 Å². The van der Waals surface area contributed by atoms with E-state index < -0.39 is 11.5 Å². The first-order valence-electron chi connectivity index (χ1n) is 4.21. The highest BCUT2D eigenvalue weighted by atomic mass is 35.5. The summed E-state index contributed by atoms with van der Waals surface area (Å²) >= 11 is 5.53. The second-order valence-corrected chi connectivity index (χ2v) is 2.97. The van der Waals surface area contributed by atoms with E-state index in [-0.39, 0.29) is 13.0 Å². The maximum atomic E-state index is 10.2. The van der Waals surface area contributed by atoms with Crippen LogP contribution in [-0.4, -0.2) is 50.2 Å². The number of alkyl halides is 1. The lowest BCUT2D eigenvalue weighted by molar-refractivity contribution is -0.139. The van der Waals surface area contributed by atoms with Crippen molar-refractivity contribution in [2.75, 3.05) is 33.5 Å². The molecule has 0 aromatic heterocycles. The van der Waals surface area contributed by atoms with E-state index in [9.17, 15) is 4.79 Å². The van der Waals surface area contributed by atoms with E-state index in [0.717, 1.165) is 0 Å². The largest absolute Gasteiger partial charge is 0.481 e. The van der Waals surface area contributed by atoms with Crippen molar-refractivity contribution < 1.29 is 24.1 Å². The minimum absolute atomic E-state index is 0.209. The fraction of sp³-hybridized carbons (Fsp3) is 0.875. The molecule has 0 amide bonds. The Hall–Kier alpha value is -0.360. The highest BCUT2D eigenvalue weighted by Gasteiger charge is 2.09. The van der Waals surface area contributed by atoms with Crippen LogP contribution in [0.5, 0.6) is 0 Å². The number of methoxy groups -OCH3 is 1. The molecular weight excluding hydrogens is 212 g/mol. The van der Waals surface area contributed by atoms with Crippen LogP contribution < -0.4 is 0 Å². The number of aliphatic carboxylic acids is 1. The van der Waals surface area contributed by atoms with Crippen molar-refractivity contribution in [3.05, 3.63) is 0 Å². The van der Waals surface area contributed by atoms with E-state index in [2.05, 4.69) is 0 Å².